The Labute approximate surface area is 140 Å². The van der Waals surface area contributed by atoms with E-state index in [1.807, 2.05) is 0 Å². The quantitative estimate of drug-likeness (QED) is 0.225. The Balaban J connectivity index is 2.48. The molecule has 1 aliphatic heterocycles. The summed E-state index contributed by atoms with van der Waals surface area (Å²) in [6.45, 7) is 6.26. The van der Waals surface area contributed by atoms with Gasteiger partial charge in [-0.1, -0.05) is 12.2 Å². The third kappa shape index (κ3) is 5.66. The third-order valence-electron chi connectivity index (χ3n) is 3.93. The summed E-state index contributed by atoms with van der Waals surface area (Å²) in [4.78, 5) is 11.9. The van der Waals surface area contributed by atoms with E-state index in [-0.39, 0.29) is 0 Å². The lowest BCUT2D eigenvalue weighted by Crippen LogP contribution is -2.58. The first kappa shape index (κ1) is 20.8. The van der Waals surface area contributed by atoms with Crippen LogP contribution in [0.3, 0.4) is 0 Å². The highest BCUT2D eigenvalue weighted by Gasteiger charge is 2.43. The van der Waals surface area contributed by atoms with Crippen molar-refractivity contribution in [1.82, 2.24) is 0 Å². The van der Waals surface area contributed by atoms with Gasteiger partial charge in [0.2, 0.25) is 0 Å². The zero-order valence-electron chi connectivity index (χ0n) is 13.8. The molecule has 8 nitrogen and oxygen atoms in total. The van der Waals surface area contributed by atoms with Crippen molar-refractivity contribution in [1.29, 1.82) is 0 Å². The van der Waals surface area contributed by atoms with Crippen LogP contribution >= 0.6 is 0 Å². The molecule has 1 heterocycles. The monoisotopic (exact) mass is 346 g/mol. The highest BCUT2D eigenvalue weighted by Crippen LogP contribution is 2.20. The van der Waals surface area contributed by atoms with Crippen LogP contribution in [-0.2, 0) is 14.3 Å². The Morgan fingerprint density at radius 2 is 1.88 bits per heavy atom. The summed E-state index contributed by atoms with van der Waals surface area (Å²) in [5, 5.41) is 47.8. The van der Waals surface area contributed by atoms with E-state index < -0.39 is 48.9 Å². The van der Waals surface area contributed by atoms with Crippen molar-refractivity contribution in [2.24, 2.45) is 0 Å². The minimum atomic E-state index is -1.68. The predicted molar refractivity (Wildman–Crippen MR) is 83.7 cm³/mol. The van der Waals surface area contributed by atoms with Gasteiger partial charge >= 0.3 is 5.97 Å². The van der Waals surface area contributed by atoms with Crippen molar-refractivity contribution in [3.05, 3.63) is 24.3 Å². The number of allylic oxidation sites excluding steroid dienone is 1. The summed E-state index contributed by atoms with van der Waals surface area (Å²) in [7, 11) is 0. The SMILES string of the molecule is C=C[C@@](C)(O)CCC=C(C)C(=O)OC[C@H]1O[C@H](O)[C@H](O)[C@@H](O)[C@@H]1O. The van der Waals surface area contributed by atoms with Crippen LogP contribution in [0.15, 0.2) is 24.3 Å². The van der Waals surface area contributed by atoms with Crippen molar-refractivity contribution in [2.45, 2.75) is 63.0 Å². The lowest BCUT2D eigenvalue weighted by Gasteiger charge is -2.37. The van der Waals surface area contributed by atoms with Gasteiger partial charge in [0.1, 0.15) is 31.0 Å². The number of aliphatic hydroxyl groups is 5. The smallest absolute Gasteiger partial charge is 0.333 e. The maximum absolute atomic E-state index is 11.9. The third-order valence-corrected chi connectivity index (χ3v) is 3.93. The highest BCUT2D eigenvalue weighted by molar-refractivity contribution is 5.87. The molecule has 8 heteroatoms. The maximum atomic E-state index is 11.9. The molecule has 1 fully saturated rings. The number of carbonyl (C=O) groups is 1. The van der Waals surface area contributed by atoms with E-state index in [4.69, 9.17) is 9.47 Å². The average molecular weight is 346 g/mol. The van der Waals surface area contributed by atoms with E-state index >= 15 is 0 Å². The summed E-state index contributed by atoms with van der Waals surface area (Å²) in [6, 6.07) is 0. The van der Waals surface area contributed by atoms with Crippen LogP contribution in [0.25, 0.3) is 0 Å². The molecule has 0 bridgehead atoms. The van der Waals surface area contributed by atoms with Gasteiger partial charge in [-0.3, -0.25) is 0 Å². The lowest BCUT2D eigenvalue weighted by molar-refractivity contribution is -0.287. The van der Waals surface area contributed by atoms with Gasteiger partial charge < -0.3 is 35.0 Å². The largest absolute Gasteiger partial charge is 0.459 e. The normalized spacial score (nSPS) is 33.6. The Kier molecular flexibility index (Phi) is 7.53. The van der Waals surface area contributed by atoms with Crippen LogP contribution < -0.4 is 0 Å². The van der Waals surface area contributed by atoms with Crippen LogP contribution in [0.2, 0.25) is 0 Å². The molecule has 0 amide bonds. The first-order chi connectivity index (χ1) is 11.1. The summed E-state index contributed by atoms with van der Waals surface area (Å²) in [6.07, 6.45) is -3.72. The number of hydrogen-bond donors (Lipinski definition) is 5. The van der Waals surface area contributed by atoms with Crippen molar-refractivity contribution >= 4 is 5.97 Å². The van der Waals surface area contributed by atoms with Crippen molar-refractivity contribution < 1.29 is 39.8 Å². The highest BCUT2D eigenvalue weighted by atomic mass is 16.6. The van der Waals surface area contributed by atoms with Gasteiger partial charge in [0, 0.05) is 5.57 Å². The fraction of sp³-hybridized carbons (Fsp3) is 0.688. The van der Waals surface area contributed by atoms with Crippen LogP contribution in [0.1, 0.15) is 26.7 Å². The molecule has 0 aromatic rings. The summed E-state index contributed by atoms with van der Waals surface area (Å²) >= 11 is 0. The number of hydrogen-bond acceptors (Lipinski definition) is 8. The molecule has 0 unspecified atom stereocenters. The van der Waals surface area contributed by atoms with Crippen molar-refractivity contribution in [3.8, 4) is 0 Å². The molecule has 1 saturated heterocycles. The lowest BCUT2D eigenvalue weighted by atomic mass is 9.99. The standard InChI is InChI=1S/C16H26O8/c1-4-16(3,22)7-5-6-9(2)14(20)23-8-10-11(17)12(18)13(19)15(21)24-10/h4,6,10-13,15,17-19,21-22H,1,5,7-8H2,2-3H3/t10-,11-,12+,13-,15+,16-/m1/s1. The zero-order valence-corrected chi connectivity index (χ0v) is 13.8. The second-order valence-electron chi connectivity index (χ2n) is 6.12. The summed E-state index contributed by atoms with van der Waals surface area (Å²) in [5.41, 5.74) is -0.713. The van der Waals surface area contributed by atoms with E-state index in [1.165, 1.54) is 13.0 Å². The van der Waals surface area contributed by atoms with Crippen LogP contribution in [-0.4, -0.2) is 74.4 Å². The Morgan fingerprint density at radius 1 is 1.25 bits per heavy atom. The van der Waals surface area contributed by atoms with Crippen LogP contribution in [0, 0.1) is 0 Å². The molecule has 0 radical (unpaired) electrons. The maximum Gasteiger partial charge on any atom is 0.333 e. The second kappa shape index (κ2) is 8.70. The molecule has 24 heavy (non-hydrogen) atoms. The van der Waals surface area contributed by atoms with Crippen molar-refractivity contribution in [2.75, 3.05) is 6.61 Å². The Morgan fingerprint density at radius 3 is 2.46 bits per heavy atom. The molecule has 138 valence electrons. The molecular weight excluding hydrogens is 320 g/mol. The van der Waals surface area contributed by atoms with Gasteiger partial charge in [0.05, 0.1) is 5.60 Å². The molecule has 0 saturated carbocycles. The van der Waals surface area contributed by atoms with Crippen LogP contribution in [0.5, 0.6) is 0 Å². The second-order valence-corrected chi connectivity index (χ2v) is 6.12. The molecule has 1 rings (SSSR count). The number of aliphatic hydroxyl groups excluding tert-OH is 4. The van der Waals surface area contributed by atoms with E-state index in [0.717, 1.165) is 0 Å². The van der Waals surface area contributed by atoms with Gasteiger partial charge in [-0.05, 0) is 26.7 Å². The Bertz CT molecular complexity index is 473. The van der Waals surface area contributed by atoms with Gasteiger partial charge in [0.15, 0.2) is 6.29 Å². The first-order valence-corrected chi connectivity index (χ1v) is 7.66. The van der Waals surface area contributed by atoms with E-state index in [1.54, 1.807) is 13.0 Å². The minimum absolute atomic E-state index is 0.307. The number of carbonyl (C=O) groups excluding carboxylic acids is 1. The molecule has 0 spiro atoms. The van der Waals surface area contributed by atoms with Crippen molar-refractivity contribution in [3.63, 3.8) is 0 Å². The molecule has 6 atom stereocenters. The van der Waals surface area contributed by atoms with E-state index in [0.29, 0.717) is 18.4 Å². The Hall–Kier alpha value is -1.29. The molecule has 1 aliphatic rings. The number of ether oxygens (including phenoxy) is 2. The first-order valence-electron chi connectivity index (χ1n) is 7.66. The molecular formula is C16H26O8. The fourth-order valence-corrected chi connectivity index (χ4v) is 2.11. The predicted octanol–water partition coefficient (Wildman–Crippen LogP) is -1.01. The topological polar surface area (TPSA) is 137 Å². The molecule has 0 aliphatic carbocycles. The summed E-state index contributed by atoms with van der Waals surface area (Å²) in [5.74, 6) is -0.654. The molecule has 0 aromatic heterocycles. The average Bonchev–Trinajstić information content (AvgIpc) is 2.54. The van der Waals surface area contributed by atoms with E-state index in [9.17, 15) is 30.3 Å². The number of rotatable bonds is 7. The van der Waals surface area contributed by atoms with Gasteiger partial charge in [-0.25, -0.2) is 4.79 Å². The van der Waals surface area contributed by atoms with Gasteiger partial charge in [-0.15, -0.1) is 6.58 Å². The zero-order chi connectivity index (χ0) is 18.5. The fourth-order valence-electron chi connectivity index (χ4n) is 2.11. The molecule has 0 aromatic carbocycles. The van der Waals surface area contributed by atoms with Gasteiger partial charge in [-0.2, -0.15) is 0 Å². The van der Waals surface area contributed by atoms with Crippen LogP contribution in [0.4, 0.5) is 0 Å². The van der Waals surface area contributed by atoms with Gasteiger partial charge in [0.25, 0.3) is 0 Å². The van der Waals surface area contributed by atoms with E-state index in [2.05, 4.69) is 6.58 Å². The minimum Gasteiger partial charge on any atom is -0.459 e. The molecule has 5 N–H and O–H groups in total. The number of esters is 1. The summed E-state index contributed by atoms with van der Waals surface area (Å²) < 4.78 is 9.88.